The predicted octanol–water partition coefficient (Wildman–Crippen LogP) is 4.96. The SMILES string of the molecule is CCCCc1cc(O)c2c(c1)OC(C)(C)C1CC(C)=CC21. The molecule has 2 unspecified atom stereocenters. The van der Waals surface area contributed by atoms with E-state index >= 15 is 0 Å². The van der Waals surface area contributed by atoms with Crippen LogP contribution in [0.4, 0.5) is 0 Å². The van der Waals surface area contributed by atoms with Gasteiger partial charge in [0.1, 0.15) is 17.1 Å². The van der Waals surface area contributed by atoms with E-state index in [1.807, 2.05) is 6.07 Å². The fraction of sp³-hybridized carbons (Fsp3) is 0.579. The van der Waals surface area contributed by atoms with Crippen molar-refractivity contribution in [1.82, 2.24) is 0 Å². The highest BCUT2D eigenvalue weighted by atomic mass is 16.5. The lowest BCUT2D eigenvalue weighted by atomic mass is 9.75. The molecule has 2 nitrogen and oxygen atoms in total. The summed E-state index contributed by atoms with van der Waals surface area (Å²) in [5.74, 6) is 2.02. The number of hydrogen-bond donors (Lipinski definition) is 1. The molecule has 0 saturated carbocycles. The number of allylic oxidation sites excluding steroid dienone is 2. The third-order valence-electron chi connectivity index (χ3n) is 5.04. The van der Waals surface area contributed by atoms with Crippen LogP contribution in [0.25, 0.3) is 0 Å². The second-order valence-corrected chi connectivity index (χ2v) is 7.19. The number of unbranched alkanes of at least 4 members (excludes halogenated alkanes) is 1. The van der Waals surface area contributed by atoms with Crippen molar-refractivity contribution >= 4 is 0 Å². The Morgan fingerprint density at radius 1 is 1.33 bits per heavy atom. The van der Waals surface area contributed by atoms with Crippen molar-refractivity contribution in [2.45, 2.75) is 64.9 Å². The zero-order valence-corrected chi connectivity index (χ0v) is 13.6. The number of fused-ring (bicyclic) bond motifs is 3. The van der Waals surface area contributed by atoms with Crippen LogP contribution in [-0.2, 0) is 6.42 Å². The first kappa shape index (κ1) is 14.5. The molecule has 2 aliphatic rings. The van der Waals surface area contributed by atoms with Gasteiger partial charge in [-0.05, 0) is 57.7 Å². The summed E-state index contributed by atoms with van der Waals surface area (Å²) in [6, 6.07) is 4.08. The molecule has 21 heavy (non-hydrogen) atoms. The van der Waals surface area contributed by atoms with Gasteiger partial charge >= 0.3 is 0 Å². The van der Waals surface area contributed by atoms with Crippen molar-refractivity contribution in [2.75, 3.05) is 0 Å². The van der Waals surface area contributed by atoms with Crippen LogP contribution in [-0.4, -0.2) is 10.7 Å². The van der Waals surface area contributed by atoms with Crippen LogP contribution >= 0.6 is 0 Å². The Morgan fingerprint density at radius 3 is 2.81 bits per heavy atom. The van der Waals surface area contributed by atoms with E-state index < -0.39 is 0 Å². The zero-order valence-electron chi connectivity index (χ0n) is 13.6. The number of aromatic hydroxyl groups is 1. The maximum atomic E-state index is 10.5. The van der Waals surface area contributed by atoms with Crippen LogP contribution < -0.4 is 4.74 Å². The van der Waals surface area contributed by atoms with Crippen molar-refractivity contribution in [3.05, 3.63) is 34.9 Å². The second kappa shape index (κ2) is 5.08. The van der Waals surface area contributed by atoms with Gasteiger partial charge in [-0.2, -0.15) is 0 Å². The Labute approximate surface area is 127 Å². The van der Waals surface area contributed by atoms with Crippen molar-refractivity contribution in [3.63, 3.8) is 0 Å². The third-order valence-corrected chi connectivity index (χ3v) is 5.04. The zero-order chi connectivity index (χ0) is 15.2. The van der Waals surface area contributed by atoms with E-state index in [4.69, 9.17) is 4.74 Å². The van der Waals surface area contributed by atoms with Gasteiger partial charge in [-0.3, -0.25) is 0 Å². The van der Waals surface area contributed by atoms with Crippen molar-refractivity contribution in [2.24, 2.45) is 5.92 Å². The number of aryl methyl sites for hydroxylation is 1. The average Bonchev–Trinajstić information content (AvgIpc) is 2.78. The number of rotatable bonds is 3. The van der Waals surface area contributed by atoms with E-state index in [9.17, 15) is 5.11 Å². The van der Waals surface area contributed by atoms with Crippen LogP contribution in [0.1, 0.15) is 64.0 Å². The van der Waals surface area contributed by atoms with Gasteiger partial charge in [0.25, 0.3) is 0 Å². The molecule has 1 heterocycles. The first-order chi connectivity index (χ1) is 9.92. The lowest BCUT2D eigenvalue weighted by Gasteiger charge is -2.42. The molecule has 0 aromatic heterocycles. The Kier molecular flexibility index (Phi) is 3.51. The fourth-order valence-corrected chi connectivity index (χ4v) is 3.90. The molecule has 0 radical (unpaired) electrons. The summed E-state index contributed by atoms with van der Waals surface area (Å²) >= 11 is 0. The van der Waals surface area contributed by atoms with Crippen LogP contribution in [0.15, 0.2) is 23.8 Å². The summed E-state index contributed by atoms with van der Waals surface area (Å²) < 4.78 is 6.29. The fourth-order valence-electron chi connectivity index (χ4n) is 3.90. The van der Waals surface area contributed by atoms with Crippen molar-refractivity contribution in [1.29, 1.82) is 0 Å². The Morgan fingerprint density at radius 2 is 2.10 bits per heavy atom. The summed E-state index contributed by atoms with van der Waals surface area (Å²) in [7, 11) is 0. The molecule has 114 valence electrons. The number of phenolic OH excluding ortho intramolecular Hbond substituents is 1. The average molecular weight is 286 g/mol. The molecule has 0 fully saturated rings. The quantitative estimate of drug-likeness (QED) is 0.796. The number of hydrogen-bond acceptors (Lipinski definition) is 2. The van der Waals surface area contributed by atoms with E-state index in [2.05, 4.69) is 39.8 Å². The molecule has 0 spiro atoms. The van der Waals surface area contributed by atoms with Gasteiger partial charge in [-0.25, -0.2) is 0 Å². The first-order valence-corrected chi connectivity index (χ1v) is 8.14. The molecule has 3 rings (SSSR count). The van der Waals surface area contributed by atoms with Crippen molar-refractivity contribution in [3.8, 4) is 11.5 Å². The number of ether oxygens (including phenoxy) is 1. The molecule has 1 aliphatic carbocycles. The monoisotopic (exact) mass is 286 g/mol. The normalized spacial score (nSPS) is 25.8. The van der Waals surface area contributed by atoms with Gasteiger partial charge in [0.15, 0.2) is 0 Å². The molecule has 2 atom stereocenters. The summed E-state index contributed by atoms with van der Waals surface area (Å²) in [4.78, 5) is 0. The molecule has 1 aromatic rings. The minimum Gasteiger partial charge on any atom is -0.507 e. The van der Waals surface area contributed by atoms with E-state index in [0.717, 1.165) is 37.0 Å². The molecular weight excluding hydrogens is 260 g/mol. The van der Waals surface area contributed by atoms with Crippen LogP contribution in [0, 0.1) is 5.92 Å². The Balaban J connectivity index is 2.04. The Bertz CT molecular complexity index is 583. The molecule has 1 aliphatic heterocycles. The third kappa shape index (κ3) is 2.45. The van der Waals surface area contributed by atoms with Gasteiger partial charge in [0, 0.05) is 17.4 Å². The van der Waals surface area contributed by atoms with Gasteiger partial charge in [0.05, 0.1) is 0 Å². The van der Waals surface area contributed by atoms with Crippen LogP contribution in [0.5, 0.6) is 11.5 Å². The molecule has 0 amide bonds. The predicted molar refractivity (Wildman–Crippen MR) is 86.0 cm³/mol. The van der Waals surface area contributed by atoms with Gasteiger partial charge < -0.3 is 9.84 Å². The van der Waals surface area contributed by atoms with Crippen molar-refractivity contribution < 1.29 is 9.84 Å². The summed E-state index contributed by atoms with van der Waals surface area (Å²) in [5, 5.41) is 10.5. The standard InChI is InChI=1S/C19H26O2/c1-5-6-7-13-10-16(20)18-14-8-12(2)9-15(14)19(3,4)21-17(18)11-13/h8,10-11,14-15,20H,5-7,9H2,1-4H3. The molecular formula is C19H26O2. The lowest BCUT2D eigenvalue weighted by molar-refractivity contribution is 0.0224. The molecule has 2 heteroatoms. The van der Waals surface area contributed by atoms with E-state index in [1.54, 1.807) is 0 Å². The van der Waals surface area contributed by atoms with E-state index in [0.29, 0.717) is 17.6 Å². The molecule has 1 aromatic carbocycles. The summed E-state index contributed by atoms with van der Waals surface area (Å²) in [6.07, 6.45) is 6.70. The molecule has 0 saturated heterocycles. The van der Waals surface area contributed by atoms with Gasteiger partial charge in [0.2, 0.25) is 0 Å². The minimum absolute atomic E-state index is 0.179. The lowest BCUT2D eigenvalue weighted by Crippen LogP contribution is -2.42. The van der Waals surface area contributed by atoms with E-state index in [1.165, 1.54) is 11.1 Å². The minimum atomic E-state index is -0.179. The largest absolute Gasteiger partial charge is 0.507 e. The smallest absolute Gasteiger partial charge is 0.127 e. The topological polar surface area (TPSA) is 29.5 Å². The van der Waals surface area contributed by atoms with Gasteiger partial charge in [-0.15, -0.1) is 0 Å². The number of phenols is 1. The number of benzene rings is 1. The Hall–Kier alpha value is -1.44. The summed E-state index contributed by atoms with van der Waals surface area (Å²) in [5.41, 5.74) is 3.41. The van der Waals surface area contributed by atoms with Crippen LogP contribution in [0.2, 0.25) is 0 Å². The van der Waals surface area contributed by atoms with Crippen LogP contribution in [0.3, 0.4) is 0 Å². The highest BCUT2D eigenvalue weighted by molar-refractivity contribution is 5.54. The highest BCUT2D eigenvalue weighted by Crippen LogP contribution is 2.54. The van der Waals surface area contributed by atoms with Gasteiger partial charge in [-0.1, -0.05) is 25.0 Å². The maximum Gasteiger partial charge on any atom is 0.127 e. The second-order valence-electron chi connectivity index (χ2n) is 7.19. The summed E-state index contributed by atoms with van der Waals surface area (Å²) in [6.45, 7) is 8.72. The molecule has 0 bridgehead atoms. The van der Waals surface area contributed by atoms with E-state index in [-0.39, 0.29) is 5.60 Å². The first-order valence-electron chi connectivity index (χ1n) is 8.14. The highest BCUT2D eigenvalue weighted by Gasteiger charge is 2.46. The maximum absolute atomic E-state index is 10.5. The molecule has 1 N–H and O–H groups in total.